The molecule has 1 N–H and O–H groups in total. The van der Waals surface area contributed by atoms with Crippen molar-refractivity contribution in [2.75, 3.05) is 6.54 Å². The van der Waals surface area contributed by atoms with Gasteiger partial charge < -0.3 is 10.2 Å². The third kappa shape index (κ3) is 6.57. The number of carbonyl (C=O) groups excluding carboxylic acids is 3. The van der Waals surface area contributed by atoms with E-state index in [4.69, 9.17) is 0 Å². The molecule has 1 heterocycles. The van der Waals surface area contributed by atoms with E-state index in [-0.39, 0.29) is 41.9 Å². The molecule has 0 saturated heterocycles. The molecule has 1 fully saturated rings. The number of carbonyl (C=O) groups is 3. The minimum Gasteiger partial charge on any atom is -0.352 e. The first-order valence-electron chi connectivity index (χ1n) is 14.6. The Balaban J connectivity index is 1.42. The third-order valence-electron chi connectivity index (χ3n) is 8.14. The van der Waals surface area contributed by atoms with Crippen molar-refractivity contribution in [3.05, 3.63) is 101 Å². The Morgan fingerprint density at radius 1 is 0.905 bits per heavy atom. The first-order valence-corrected chi connectivity index (χ1v) is 16.0. The molecule has 3 amide bonds. The zero-order valence-electron chi connectivity index (χ0n) is 23.9. The van der Waals surface area contributed by atoms with E-state index in [0.29, 0.717) is 6.42 Å². The highest BCUT2D eigenvalue weighted by Crippen LogP contribution is 2.30. The Hall–Kier alpha value is -3.98. The molecule has 220 valence electrons. The molecule has 0 unspecified atom stereocenters. The van der Waals surface area contributed by atoms with Crippen LogP contribution in [-0.4, -0.2) is 54.0 Å². The number of nitrogens with one attached hydrogen (secondary N) is 1. The molecule has 5 rings (SSSR count). The smallest absolute Gasteiger partial charge is 0.269 e. The predicted octanol–water partition coefficient (Wildman–Crippen LogP) is 4.62. The normalized spacial score (nSPS) is 17.0. The fourth-order valence-electron chi connectivity index (χ4n) is 5.78. The molecule has 9 heteroatoms. The molecule has 0 radical (unpaired) electrons. The number of rotatable bonds is 10. The standard InChI is InChI=1S/C33H37N3O5S/c1-24-16-18-26(19-17-24)23-35(31(37)20-21-36-33(39)28-14-8-9-15-30(28)42(36,40)41)29(22-25-10-4-2-5-11-25)32(38)34-27-12-6-3-7-13-27/h2,4-5,8-11,14-19,27,29H,3,6-7,12-13,20-23H2,1H3,(H,34,38)/t29-/m1/s1. The second kappa shape index (κ2) is 12.9. The quantitative estimate of drug-likeness (QED) is 0.373. The minimum atomic E-state index is -4.05. The van der Waals surface area contributed by atoms with Crippen molar-refractivity contribution in [2.45, 2.75) is 75.4 Å². The van der Waals surface area contributed by atoms with E-state index in [9.17, 15) is 22.8 Å². The highest BCUT2D eigenvalue weighted by molar-refractivity contribution is 7.90. The summed E-state index contributed by atoms with van der Waals surface area (Å²) in [7, 11) is -4.05. The molecule has 0 aromatic heterocycles. The van der Waals surface area contributed by atoms with Gasteiger partial charge in [0, 0.05) is 32.0 Å². The van der Waals surface area contributed by atoms with Crippen molar-refractivity contribution >= 4 is 27.7 Å². The highest BCUT2D eigenvalue weighted by atomic mass is 32.2. The fourth-order valence-corrected chi connectivity index (χ4v) is 7.35. The lowest BCUT2D eigenvalue weighted by Gasteiger charge is -2.34. The monoisotopic (exact) mass is 587 g/mol. The zero-order chi connectivity index (χ0) is 29.7. The summed E-state index contributed by atoms with van der Waals surface area (Å²) in [4.78, 5) is 42.4. The van der Waals surface area contributed by atoms with Crippen LogP contribution in [0.15, 0.2) is 83.8 Å². The summed E-state index contributed by atoms with van der Waals surface area (Å²) in [6.45, 7) is 1.85. The summed E-state index contributed by atoms with van der Waals surface area (Å²) in [5.74, 6) is -1.25. The molecule has 1 aliphatic heterocycles. The topological polar surface area (TPSA) is 104 Å². The summed E-state index contributed by atoms with van der Waals surface area (Å²) in [6, 6.07) is 22.7. The maximum atomic E-state index is 14.0. The van der Waals surface area contributed by atoms with Gasteiger partial charge in [0.1, 0.15) is 10.9 Å². The number of benzene rings is 3. The van der Waals surface area contributed by atoms with Gasteiger partial charge in [-0.05, 0) is 43.0 Å². The van der Waals surface area contributed by atoms with E-state index in [1.54, 1.807) is 17.0 Å². The van der Waals surface area contributed by atoms with Gasteiger partial charge in [-0.15, -0.1) is 0 Å². The van der Waals surface area contributed by atoms with Gasteiger partial charge in [-0.3, -0.25) is 14.4 Å². The molecule has 0 bridgehead atoms. The van der Waals surface area contributed by atoms with Crippen LogP contribution in [0.25, 0.3) is 0 Å². The van der Waals surface area contributed by atoms with Crippen LogP contribution in [0.2, 0.25) is 0 Å². The molecule has 1 atom stereocenters. The second-order valence-corrected chi connectivity index (χ2v) is 13.0. The molecular formula is C33H37N3O5S. The Morgan fingerprint density at radius 3 is 2.26 bits per heavy atom. The minimum absolute atomic E-state index is 0.0484. The van der Waals surface area contributed by atoms with Gasteiger partial charge in [-0.2, -0.15) is 0 Å². The first-order chi connectivity index (χ1) is 20.2. The molecule has 1 saturated carbocycles. The second-order valence-electron chi connectivity index (χ2n) is 11.2. The molecular weight excluding hydrogens is 550 g/mol. The van der Waals surface area contributed by atoms with Crippen molar-refractivity contribution in [1.82, 2.24) is 14.5 Å². The van der Waals surface area contributed by atoms with E-state index in [2.05, 4.69) is 5.32 Å². The number of nitrogens with zero attached hydrogens (tertiary/aromatic N) is 2. The molecule has 3 aromatic carbocycles. The molecule has 3 aromatic rings. The number of fused-ring (bicyclic) bond motifs is 1. The Labute approximate surface area is 247 Å². The first kappa shape index (κ1) is 29.5. The SMILES string of the molecule is Cc1ccc(CN(C(=O)CCN2C(=O)c3ccccc3S2(=O)=O)[C@H](Cc2ccccc2)C(=O)NC2CCCCC2)cc1. The Kier molecular flexibility index (Phi) is 9.06. The molecule has 1 aliphatic carbocycles. The Morgan fingerprint density at radius 2 is 1.57 bits per heavy atom. The molecule has 42 heavy (non-hydrogen) atoms. The Bertz CT molecular complexity index is 1530. The largest absolute Gasteiger partial charge is 0.352 e. The van der Waals surface area contributed by atoms with E-state index < -0.39 is 27.9 Å². The lowest BCUT2D eigenvalue weighted by Crippen LogP contribution is -2.53. The summed E-state index contributed by atoms with van der Waals surface area (Å²) >= 11 is 0. The highest BCUT2D eigenvalue weighted by Gasteiger charge is 2.41. The van der Waals surface area contributed by atoms with E-state index in [1.165, 1.54) is 12.1 Å². The van der Waals surface area contributed by atoms with Crippen molar-refractivity contribution in [2.24, 2.45) is 0 Å². The van der Waals surface area contributed by atoms with Crippen LogP contribution in [0.4, 0.5) is 0 Å². The van der Waals surface area contributed by atoms with Gasteiger partial charge in [0.15, 0.2) is 0 Å². The van der Waals surface area contributed by atoms with E-state index >= 15 is 0 Å². The summed E-state index contributed by atoms with van der Waals surface area (Å²) in [5, 5.41) is 3.21. The van der Waals surface area contributed by atoms with Crippen LogP contribution in [0.3, 0.4) is 0 Å². The van der Waals surface area contributed by atoms with Crippen LogP contribution >= 0.6 is 0 Å². The summed E-state index contributed by atoms with van der Waals surface area (Å²) in [5.41, 5.74) is 2.95. The van der Waals surface area contributed by atoms with Crippen LogP contribution in [0.1, 0.15) is 65.6 Å². The average molecular weight is 588 g/mol. The number of sulfonamides is 1. The predicted molar refractivity (Wildman–Crippen MR) is 160 cm³/mol. The van der Waals surface area contributed by atoms with Gasteiger partial charge in [0.2, 0.25) is 11.8 Å². The zero-order valence-corrected chi connectivity index (χ0v) is 24.7. The lowest BCUT2D eigenvalue weighted by atomic mass is 9.94. The van der Waals surface area contributed by atoms with Crippen molar-refractivity contribution in [3.8, 4) is 0 Å². The lowest BCUT2D eigenvalue weighted by molar-refractivity contribution is -0.141. The van der Waals surface area contributed by atoms with Gasteiger partial charge >= 0.3 is 0 Å². The summed E-state index contributed by atoms with van der Waals surface area (Å²) < 4.78 is 27.0. The van der Waals surface area contributed by atoms with Crippen molar-refractivity contribution < 1.29 is 22.8 Å². The third-order valence-corrected chi connectivity index (χ3v) is 9.98. The van der Waals surface area contributed by atoms with Crippen LogP contribution < -0.4 is 5.32 Å². The number of hydrogen-bond acceptors (Lipinski definition) is 5. The molecule has 0 spiro atoms. The number of aryl methyl sites for hydroxylation is 1. The maximum absolute atomic E-state index is 14.0. The fraction of sp³-hybridized carbons (Fsp3) is 0.364. The number of hydrogen-bond donors (Lipinski definition) is 1. The number of amides is 3. The van der Waals surface area contributed by atoms with Gasteiger partial charge in [-0.1, -0.05) is 91.6 Å². The molecule has 8 nitrogen and oxygen atoms in total. The maximum Gasteiger partial charge on any atom is 0.269 e. The molecule has 2 aliphatic rings. The van der Waals surface area contributed by atoms with Crippen LogP contribution in [-0.2, 0) is 32.6 Å². The van der Waals surface area contributed by atoms with Crippen LogP contribution in [0.5, 0.6) is 0 Å². The average Bonchev–Trinajstić information content (AvgIpc) is 3.19. The van der Waals surface area contributed by atoms with Crippen molar-refractivity contribution in [1.29, 1.82) is 0 Å². The van der Waals surface area contributed by atoms with Crippen LogP contribution in [0, 0.1) is 6.92 Å². The van der Waals surface area contributed by atoms with Crippen molar-refractivity contribution in [3.63, 3.8) is 0 Å². The van der Waals surface area contributed by atoms with E-state index in [1.807, 2.05) is 61.5 Å². The van der Waals surface area contributed by atoms with Gasteiger partial charge in [0.25, 0.3) is 15.9 Å². The van der Waals surface area contributed by atoms with Gasteiger partial charge in [-0.25, -0.2) is 12.7 Å². The van der Waals surface area contributed by atoms with E-state index in [0.717, 1.165) is 53.1 Å². The van der Waals surface area contributed by atoms with Gasteiger partial charge in [0.05, 0.1) is 5.56 Å². The summed E-state index contributed by atoms with van der Waals surface area (Å²) in [6.07, 6.45) is 5.15.